The van der Waals surface area contributed by atoms with Crippen molar-refractivity contribution in [3.63, 3.8) is 0 Å². The minimum Gasteiger partial charge on any atom is -0.494 e. The number of amides is 1. The van der Waals surface area contributed by atoms with Gasteiger partial charge in [0.15, 0.2) is 0 Å². The van der Waals surface area contributed by atoms with Gasteiger partial charge in [-0.15, -0.1) is 11.3 Å². The molecule has 2 heterocycles. The summed E-state index contributed by atoms with van der Waals surface area (Å²) in [6.07, 6.45) is 0. The minimum atomic E-state index is -0.0534. The number of hydrogen-bond donors (Lipinski definition) is 1. The van der Waals surface area contributed by atoms with E-state index in [9.17, 15) is 4.79 Å². The van der Waals surface area contributed by atoms with Gasteiger partial charge in [-0.25, -0.2) is 0 Å². The summed E-state index contributed by atoms with van der Waals surface area (Å²) in [5, 5.41) is 6.80. The maximum absolute atomic E-state index is 11.0. The molecular formula is C17H17N3O3S. The monoisotopic (exact) mass is 343 g/mol. The fraction of sp³-hybridized carbons (Fsp3) is 0.235. The summed E-state index contributed by atoms with van der Waals surface area (Å²) >= 11 is 1.53. The summed E-state index contributed by atoms with van der Waals surface area (Å²) in [5.74, 6) is 1.76. The number of nitrogens with one attached hydrogen (secondary N) is 1. The highest BCUT2D eigenvalue weighted by molar-refractivity contribution is 7.15. The molecule has 124 valence electrons. The molecule has 0 fully saturated rings. The third-order valence-electron chi connectivity index (χ3n) is 3.23. The zero-order valence-electron chi connectivity index (χ0n) is 13.4. The van der Waals surface area contributed by atoms with Crippen LogP contribution in [0.4, 0.5) is 0 Å². The van der Waals surface area contributed by atoms with E-state index in [2.05, 4.69) is 15.5 Å². The van der Waals surface area contributed by atoms with Crippen molar-refractivity contribution in [2.75, 3.05) is 6.61 Å². The van der Waals surface area contributed by atoms with Crippen LogP contribution in [0.5, 0.6) is 5.75 Å². The van der Waals surface area contributed by atoms with Crippen LogP contribution >= 0.6 is 11.3 Å². The van der Waals surface area contributed by atoms with Gasteiger partial charge in [-0.3, -0.25) is 4.79 Å². The number of aromatic nitrogens is 2. The Labute approximate surface area is 143 Å². The summed E-state index contributed by atoms with van der Waals surface area (Å²) in [4.78, 5) is 17.3. The van der Waals surface area contributed by atoms with Gasteiger partial charge in [0, 0.05) is 17.4 Å². The standard InChI is InChI=1S/C17H17N3O3S/c1-3-22-13-6-4-12(5-7-13)17-19-16(20-23-17)15-9-8-14(24-15)10-18-11(2)21/h4-9H,3,10H2,1-2H3,(H,18,21). The molecule has 0 saturated carbocycles. The highest BCUT2D eigenvalue weighted by Crippen LogP contribution is 2.28. The number of thiophene rings is 1. The Hall–Kier alpha value is -2.67. The fourth-order valence-corrected chi connectivity index (χ4v) is 2.98. The first-order valence-corrected chi connectivity index (χ1v) is 8.38. The molecule has 7 heteroatoms. The number of carbonyl (C=O) groups excluding carboxylic acids is 1. The Morgan fingerprint density at radius 1 is 1.25 bits per heavy atom. The summed E-state index contributed by atoms with van der Waals surface area (Å²) in [5.41, 5.74) is 0.840. The van der Waals surface area contributed by atoms with Crippen LogP contribution in [0.1, 0.15) is 18.7 Å². The highest BCUT2D eigenvalue weighted by atomic mass is 32.1. The Kier molecular flexibility index (Phi) is 4.90. The Morgan fingerprint density at radius 2 is 2.04 bits per heavy atom. The quantitative estimate of drug-likeness (QED) is 0.741. The number of benzene rings is 1. The molecule has 0 spiro atoms. The first-order valence-electron chi connectivity index (χ1n) is 7.56. The average molecular weight is 343 g/mol. The van der Waals surface area contributed by atoms with Gasteiger partial charge in [0.2, 0.25) is 11.7 Å². The number of nitrogens with zero attached hydrogens (tertiary/aromatic N) is 2. The Bertz CT molecular complexity index is 824. The third kappa shape index (κ3) is 3.80. The minimum absolute atomic E-state index is 0.0534. The lowest BCUT2D eigenvalue weighted by molar-refractivity contribution is -0.119. The fourth-order valence-electron chi connectivity index (χ4n) is 2.11. The number of carbonyl (C=O) groups is 1. The Morgan fingerprint density at radius 3 is 2.75 bits per heavy atom. The van der Waals surface area contributed by atoms with E-state index in [-0.39, 0.29) is 5.91 Å². The maximum Gasteiger partial charge on any atom is 0.258 e. The molecule has 2 aromatic heterocycles. The zero-order chi connectivity index (χ0) is 16.9. The van der Waals surface area contributed by atoms with Crippen LogP contribution < -0.4 is 10.1 Å². The molecule has 0 unspecified atom stereocenters. The molecule has 0 saturated heterocycles. The molecule has 1 aromatic carbocycles. The van der Waals surface area contributed by atoms with Crippen molar-refractivity contribution in [3.05, 3.63) is 41.3 Å². The van der Waals surface area contributed by atoms with Crippen molar-refractivity contribution in [3.8, 4) is 27.9 Å². The SMILES string of the molecule is CCOc1ccc(-c2nc(-c3ccc(CNC(C)=O)s3)no2)cc1. The molecule has 0 aliphatic heterocycles. The predicted molar refractivity (Wildman–Crippen MR) is 91.7 cm³/mol. The van der Waals surface area contributed by atoms with Crippen LogP contribution in [0.2, 0.25) is 0 Å². The van der Waals surface area contributed by atoms with Gasteiger partial charge in [-0.1, -0.05) is 5.16 Å². The van der Waals surface area contributed by atoms with Gasteiger partial charge in [-0.05, 0) is 43.3 Å². The summed E-state index contributed by atoms with van der Waals surface area (Å²) in [7, 11) is 0. The summed E-state index contributed by atoms with van der Waals surface area (Å²) < 4.78 is 10.8. The van der Waals surface area contributed by atoms with Crippen LogP contribution in [-0.2, 0) is 11.3 Å². The van der Waals surface area contributed by atoms with Gasteiger partial charge in [-0.2, -0.15) is 4.98 Å². The van der Waals surface area contributed by atoms with Gasteiger partial charge in [0.1, 0.15) is 5.75 Å². The van der Waals surface area contributed by atoms with Gasteiger partial charge in [0.05, 0.1) is 18.0 Å². The van der Waals surface area contributed by atoms with E-state index in [0.29, 0.717) is 24.9 Å². The normalized spacial score (nSPS) is 10.6. The van der Waals surface area contributed by atoms with E-state index in [1.807, 2.05) is 43.3 Å². The second kappa shape index (κ2) is 7.27. The van der Waals surface area contributed by atoms with E-state index in [4.69, 9.17) is 9.26 Å². The van der Waals surface area contributed by atoms with E-state index in [1.165, 1.54) is 18.3 Å². The highest BCUT2D eigenvalue weighted by Gasteiger charge is 2.13. The van der Waals surface area contributed by atoms with Crippen molar-refractivity contribution < 1.29 is 14.1 Å². The number of hydrogen-bond acceptors (Lipinski definition) is 6. The number of rotatable bonds is 6. The van der Waals surface area contributed by atoms with Crippen molar-refractivity contribution in [2.45, 2.75) is 20.4 Å². The van der Waals surface area contributed by atoms with Crippen LogP contribution in [0, 0.1) is 0 Å². The van der Waals surface area contributed by atoms with Gasteiger partial charge < -0.3 is 14.6 Å². The van der Waals surface area contributed by atoms with E-state index in [0.717, 1.165) is 21.1 Å². The molecule has 1 amide bonds. The van der Waals surface area contributed by atoms with Crippen LogP contribution in [0.15, 0.2) is 40.9 Å². The van der Waals surface area contributed by atoms with Crippen LogP contribution in [0.3, 0.4) is 0 Å². The predicted octanol–water partition coefficient (Wildman–Crippen LogP) is 3.50. The molecule has 3 aromatic rings. The molecule has 1 N–H and O–H groups in total. The lowest BCUT2D eigenvalue weighted by atomic mass is 10.2. The summed E-state index contributed by atoms with van der Waals surface area (Å²) in [6.45, 7) is 4.57. The van der Waals surface area contributed by atoms with Crippen molar-refractivity contribution in [1.82, 2.24) is 15.5 Å². The van der Waals surface area contributed by atoms with E-state index >= 15 is 0 Å². The largest absolute Gasteiger partial charge is 0.494 e. The van der Waals surface area contributed by atoms with Crippen molar-refractivity contribution in [2.24, 2.45) is 0 Å². The first kappa shape index (κ1) is 16.2. The number of ether oxygens (including phenoxy) is 1. The molecule has 24 heavy (non-hydrogen) atoms. The van der Waals surface area contributed by atoms with Gasteiger partial charge in [0.25, 0.3) is 5.89 Å². The smallest absolute Gasteiger partial charge is 0.258 e. The molecule has 6 nitrogen and oxygen atoms in total. The van der Waals surface area contributed by atoms with Crippen LogP contribution in [0.25, 0.3) is 22.2 Å². The van der Waals surface area contributed by atoms with Crippen LogP contribution in [-0.4, -0.2) is 22.7 Å². The molecule has 0 atom stereocenters. The zero-order valence-corrected chi connectivity index (χ0v) is 14.2. The molecule has 0 bridgehead atoms. The molecule has 0 aliphatic rings. The molecule has 0 radical (unpaired) electrons. The maximum atomic E-state index is 11.0. The second-order valence-corrected chi connectivity index (χ2v) is 6.22. The average Bonchev–Trinajstić information content (AvgIpc) is 3.23. The van der Waals surface area contributed by atoms with E-state index < -0.39 is 0 Å². The molecule has 3 rings (SSSR count). The lowest BCUT2D eigenvalue weighted by Crippen LogP contribution is -2.17. The van der Waals surface area contributed by atoms with Crippen molar-refractivity contribution >= 4 is 17.2 Å². The van der Waals surface area contributed by atoms with Crippen molar-refractivity contribution in [1.29, 1.82) is 0 Å². The Balaban J connectivity index is 1.74. The topological polar surface area (TPSA) is 77.2 Å². The molecule has 0 aliphatic carbocycles. The summed E-state index contributed by atoms with van der Waals surface area (Å²) in [6, 6.07) is 11.4. The van der Waals surface area contributed by atoms with Gasteiger partial charge >= 0.3 is 0 Å². The third-order valence-corrected chi connectivity index (χ3v) is 4.31. The first-order chi connectivity index (χ1) is 11.7. The molecular weight excluding hydrogens is 326 g/mol. The van der Waals surface area contributed by atoms with E-state index in [1.54, 1.807) is 0 Å². The second-order valence-electron chi connectivity index (χ2n) is 5.06. The lowest BCUT2D eigenvalue weighted by Gasteiger charge is -2.02.